The Morgan fingerprint density at radius 2 is 1.86 bits per heavy atom. The van der Waals surface area contributed by atoms with Crippen LogP contribution in [0.5, 0.6) is 0 Å². The summed E-state index contributed by atoms with van der Waals surface area (Å²) in [5.74, 6) is 1.14. The Balaban J connectivity index is 2.04. The van der Waals surface area contributed by atoms with E-state index in [1.165, 1.54) is 22.8 Å². The summed E-state index contributed by atoms with van der Waals surface area (Å²) >= 11 is 2.55. The van der Waals surface area contributed by atoms with E-state index in [1.54, 1.807) is 6.92 Å². The molecule has 0 bridgehead atoms. The lowest BCUT2D eigenvalue weighted by Crippen LogP contribution is -2.60. The molecule has 22 heavy (non-hydrogen) atoms. The Morgan fingerprint density at radius 3 is 2.50 bits per heavy atom. The Bertz CT molecular complexity index is 524. The number of carbonyl (C=O) groups excluding carboxylic acids is 1. The van der Waals surface area contributed by atoms with Crippen LogP contribution in [0.15, 0.2) is 9.66 Å². The zero-order valence-corrected chi connectivity index (χ0v) is 16.7. The van der Waals surface area contributed by atoms with E-state index in [0.717, 1.165) is 12.8 Å². The van der Waals surface area contributed by atoms with Crippen LogP contribution >= 0.6 is 22.6 Å². The molecular weight excluding hydrogens is 387 g/mol. The van der Waals surface area contributed by atoms with E-state index in [1.807, 2.05) is 0 Å². The molecule has 0 N–H and O–H groups in total. The standard InChI is InChI=1S/C19H29IO2/c1-12(21)22-16-9-10-17(2,3)13-8-11-18(4)14(19(13,16)5)6-7-15(18)20/h7,13-14,16H,6,8-11H2,1-5H3/t13-,14-,16+,18-,19-/m1/s1. The van der Waals surface area contributed by atoms with E-state index in [2.05, 4.69) is 56.4 Å². The first-order chi connectivity index (χ1) is 10.1. The maximum absolute atomic E-state index is 11.7. The van der Waals surface area contributed by atoms with Gasteiger partial charge in [0.1, 0.15) is 6.10 Å². The fourth-order valence-corrected chi connectivity index (χ4v) is 7.07. The van der Waals surface area contributed by atoms with Crippen molar-refractivity contribution in [3.63, 3.8) is 0 Å². The second kappa shape index (κ2) is 5.22. The molecule has 3 aliphatic rings. The van der Waals surface area contributed by atoms with Crippen LogP contribution in [0.1, 0.15) is 66.7 Å². The van der Waals surface area contributed by atoms with Crippen LogP contribution in [0.4, 0.5) is 0 Å². The molecule has 0 aromatic rings. The highest BCUT2D eigenvalue weighted by molar-refractivity contribution is 14.1. The van der Waals surface area contributed by atoms with E-state index in [4.69, 9.17) is 4.74 Å². The Morgan fingerprint density at radius 1 is 1.18 bits per heavy atom. The minimum Gasteiger partial charge on any atom is -0.462 e. The molecule has 124 valence electrons. The van der Waals surface area contributed by atoms with Gasteiger partial charge < -0.3 is 4.74 Å². The predicted molar refractivity (Wildman–Crippen MR) is 97.7 cm³/mol. The van der Waals surface area contributed by atoms with Crippen LogP contribution < -0.4 is 0 Å². The summed E-state index contributed by atoms with van der Waals surface area (Å²) < 4.78 is 7.41. The number of carbonyl (C=O) groups is 1. The van der Waals surface area contributed by atoms with Crippen LogP contribution in [-0.4, -0.2) is 12.1 Å². The molecule has 5 atom stereocenters. The SMILES string of the molecule is CC(=O)O[C@H]1CCC(C)(C)[C@H]2CC[C@@]3(C)C(I)=CC[C@H]3[C@]12C. The summed E-state index contributed by atoms with van der Waals surface area (Å²) in [6, 6.07) is 0. The molecule has 0 aromatic heterocycles. The van der Waals surface area contributed by atoms with Crippen molar-refractivity contribution in [2.45, 2.75) is 72.8 Å². The highest BCUT2D eigenvalue weighted by Crippen LogP contribution is 2.69. The van der Waals surface area contributed by atoms with Gasteiger partial charge in [0.2, 0.25) is 0 Å². The lowest BCUT2D eigenvalue weighted by atomic mass is 9.43. The second-order valence-corrected chi connectivity index (χ2v) is 10.0. The molecule has 0 aliphatic heterocycles. The van der Waals surface area contributed by atoms with Gasteiger partial charge in [-0.25, -0.2) is 0 Å². The topological polar surface area (TPSA) is 26.3 Å². The van der Waals surface area contributed by atoms with E-state index in [-0.39, 0.29) is 22.9 Å². The molecule has 0 aromatic carbocycles. The minimum absolute atomic E-state index is 0.0864. The van der Waals surface area contributed by atoms with Gasteiger partial charge in [0.05, 0.1) is 0 Å². The van der Waals surface area contributed by atoms with Crippen LogP contribution in [0.3, 0.4) is 0 Å². The third-order valence-electron chi connectivity index (χ3n) is 7.30. The van der Waals surface area contributed by atoms with Gasteiger partial charge in [-0.15, -0.1) is 0 Å². The number of hydrogen-bond donors (Lipinski definition) is 0. The fourth-order valence-electron chi connectivity index (χ4n) is 6.17. The number of hydrogen-bond acceptors (Lipinski definition) is 2. The van der Waals surface area contributed by atoms with Gasteiger partial charge in [0.25, 0.3) is 0 Å². The molecule has 0 heterocycles. The van der Waals surface area contributed by atoms with Crippen molar-refractivity contribution in [3.05, 3.63) is 9.66 Å². The number of rotatable bonds is 1. The summed E-state index contributed by atoms with van der Waals surface area (Å²) in [6.07, 6.45) is 8.39. The fraction of sp³-hybridized carbons (Fsp3) is 0.842. The smallest absolute Gasteiger partial charge is 0.302 e. The number of ether oxygens (including phenoxy) is 1. The quantitative estimate of drug-likeness (QED) is 0.417. The third kappa shape index (κ3) is 2.21. The summed E-state index contributed by atoms with van der Waals surface area (Å²) in [5, 5.41) is 0. The van der Waals surface area contributed by atoms with Crippen molar-refractivity contribution in [2.75, 3.05) is 0 Å². The Hall–Kier alpha value is -0.0600. The van der Waals surface area contributed by atoms with E-state index < -0.39 is 0 Å². The third-order valence-corrected chi connectivity index (χ3v) is 8.97. The van der Waals surface area contributed by atoms with Crippen molar-refractivity contribution in [1.29, 1.82) is 0 Å². The van der Waals surface area contributed by atoms with Crippen molar-refractivity contribution >= 4 is 28.6 Å². The molecular formula is C19H29IO2. The highest BCUT2D eigenvalue weighted by atomic mass is 127. The van der Waals surface area contributed by atoms with Crippen LogP contribution in [0.2, 0.25) is 0 Å². The number of halogens is 1. The van der Waals surface area contributed by atoms with Crippen molar-refractivity contribution < 1.29 is 9.53 Å². The Labute approximate surface area is 148 Å². The summed E-state index contributed by atoms with van der Waals surface area (Å²) in [5.41, 5.74) is 0.738. The van der Waals surface area contributed by atoms with Crippen molar-refractivity contribution in [3.8, 4) is 0 Å². The van der Waals surface area contributed by atoms with E-state index >= 15 is 0 Å². The summed E-state index contributed by atoms with van der Waals surface area (Å²) in [6.45, 7) is 11.3. The van der Waals surface area contributed by atoms with Crippen LogP contribution in [0.25, 0.3) is 0 Å². The average Bonchev–Trinajstić information content (AvgIpc) is 2.70. The van der Waals surface area contributed by atoms with Gasteiger partial charge in [-0.3, -0.25) is 4.79 Å². The first-order valence-corrected chi connectivity index (χ1v) is 9.73. The molecule has 0 spiro atoms. The number of fused-ring (bicyclic) bond motifs is 3. The minimum atomic E-state index is -0.113. The molecule has 0 saturated heterocycles. The van der Waals surface area contributed by atoms with Crippen molar-refractivity contribution in [1.82, 2.24) is 0 Å². The molecule has 2 fully saturated rings. The maximum atomic E-state index is 11.7. The molecule has 2 nitrogen and oxygen atoms in total. The monoisotopic (exact) mass is 416 g/mol. The van der Waals surface area contributed by atoms with Gasteiger partial charge in [-0.05, 0) is 75.5 Å². The van der Waals surface area contributed by atoms with E-state index in [0.29, 0.717) is 17.3 Å². The van der Waals surface area contributed by atoms with Crippen molar-refractivity contribution in [2.24, 2.45) is 28.1 Å². The van der Waals surface area contributed by atoms with Gasteiger partial charge in [0.15, 0.2) is 0 Å². The lowest BCUT2D eigenvalue weighted by molar-refractivity contribution is -0.199. The van der Waals surface area contributed by atoms with Crippen LogP contribution in [0, 0.1) is 28.1 Å². The van der Waals surface area contributed by atoms with Gasteiger partial charge in [-0.2, -0.15) is 0 Å². The van der Waals surface area contributed by atoms with Gasteiger partial charge in [0, 0.05) is 17.8 Å². The van der Waals surface area contributed by atoms with E-state index in [9.17, 15) is 4.79 Å². The molecule has 3 rings (SSSR count). The lowest BCUT2D eigenvalue weighted by Gasteiger charge is -2.63. The molecule has 0 unspecified atom stereocenters. The predicted octanol–water partition coefficient (Wildman–Crippen LogP) is 5.50. The molecule has 3 heteroatoms. The zero-order chi connectivity index (χ0) is 16.3. The summed E-state index contributed by atoms with van der Waals surface area (Å²) in [7, 11) is 0. The van der Waals surface area contributed by atoms with Crippen LogP contribution in [-0.2, 0) is 9.53 Å². The molecule has 0 amide bonds. The first kappa shape index (κ1) is 16.8. The van der Waals surface area contributed by atoms with Gasteiger partial charge in [-0.1, -0.05) is 33.8 Å². The Kier molecular flexibility index (Phi) is 3.98. The maximum Gasteiger partial charge on any atom is 0.302 e. The zero-order valence-electron chi connectivity index (χ0n) is 14.5. The molecule has 2 saturated carbocycles. The second-order valence-electron chi connectivity index (χ2n) is 8.84. The molecule has 3 aliphatic carbocycles. The normalized spacial score (nSPS) is 46.5. The largest absolute Gasteiger partial charge is 0.462 e. The number of allylic oxidation sites excluding steroid dienone is 2. The molecule has 0 radical (unpaired) electrons. The van der Waals surface area contributed by atoms with Gasteiger partial charge >= 0.3 is 5.97 Å². The highest BCUT2D eigenvalue weighted by Gasteiger charge is 2.64. The number of esters is 1. The first-order valence-electron chi connectivity index (χ1n) is 8.66. The summed E-state index contributed by atoms with van der Waals surface area (Å²) in [4.78, 5) is 11.7. The average molecular weight is 416 g/mol.